The van der Waals surface area contributed by atoms with E-state index in [9.17, 15) is 22.4 Å². The molecule has 0 unspecified atom stereocenters. The molecule has 2 amide bonds. The first kappa shape index (κ1) is 21.4. The summed E-state index contributed by atoms with van der Waals surface area (Å²) in [5.41, 5.74) is 1.02. The number of likely N-dealkylation sites (N-methyl/N-ethyl adjacent to an activating group) is 1. The van der Waals surface area contributed by atoms with Crippen molar-refractivity contribution in [2.45, 2.75) is 18.6 Å². The number of nitrogens with zero attached hydrogens (tertiary/aromatic N) is 3. The minimum absolute atomic E-state index is 0.0378. The Labute approximate surface area is 173 Å². The number of carbonyl (C=O) groups is 2. The minimum atomic E-state index is -3.66. The molecule has 8 nitrogen and oxygen atoms in total. The molecule has 1 aromatic carbocycles. The zero-order chi connectivity index (χ0) is 21.9. The fraction of sp³-hybridized carbons (Fsp3) is 0.250. The molecule has 0 saturated carbocycles. The van der Waals surface area contributed by atoms with Gasteiger partial charge in [0.25, 0.3) is 5.91 Å². The third-order valence-electron chi connectivity index (χ3n) is 4.46. The monoisotopic (exact) mass is 432 g/mol. The van der Waals surface area contributed by atoms with Gasteiger partial charge in [0.15, 0.2) is 5.69 Å². The molecule has 2 aromatic heterocycles. The molecule has 0 fully saturated rings. The summed E-state index contributed by atoms with van der Waals surface area (Å²) in [5, 5.41) is 2.44. The summed E-state index contributed by atoms with van der Waals surface area (Å²) in [6, 6.07) is 10.6. The van der Waals surface area contributed by atoms with E-state index in [0.717, 1.165) is 11.8 Å². The largest absolute Gasteiger partial charge is 0.350 e. The fourth-order valence-corrected chi connectivity index (χ4v) is 3.71. The molecular weight excluding hydrogens is 411 g/mol. The Morgan fingerprint density at radius 2 is 1.87 bits per heavy atom. The van der Waals surface area contributed by atoms with Gasteiger partial charge >= 0.3 is 0 Å². The highest BCUT2D eigenvalue weighted by molar-refractivity contribution is 7.90. The van der Waals surface area contributed by atoms with Crippen molar-refractivity contribution in [1.82, 2.24) is 19.6 Å². The summed E-state index contributed by atoms with van der Waals surface area (Å²) in [4.78, 5) is 30.7. The van der Waals surface area contributed by atoms with Gasteiger partial charge < -0.3 is 10.2 Å². The smallest absolute Gasteiger partial charge is 0.275 e. The molecule has 0 aliphatic heterocycles. The second-order valence-corrected chi connectivity index (χ2v) is 8.60. The molecule has 3 rings (SSSR count). The van der Waals surface area contributed by atoms with E-state index in [1.165, 1.54) is 27.6 Å². The van der Waals surface area contributed by atoms with Gasteiger partial charge in [-0.05, 0) is 36.8 Å². The van der Waals surface area contributed by atoms with Gasteiger partial charge in [-0.3, -0.25) is 14.0 Å². The molecule has 0 spiro atoms. The summed E-state index contributed by atoms with van der Waals surface area (Å²) in [6.07, 6.45) is 2.53. The van der Waals surface area contributed by atoms with Gasteiger partial charge in [-0.2, -0.15) is 0 Å². The van der Waals surface area contributed by atoms with Crippen LogP contribution in [-0.4, -0.2) is 53.9 Å². The number of amides is 2. The Balaban J connectivity index is 1.78. The standard InChI is InChI=1S/C20H21FN4O4S/c1-3-24(13-17(26)22-12-14-7-9-15(21)10-8-14)19(27)18-16-6-4-5-11-25(16)20(23-18)30(2,28)29/h4-11H,3,12-13H2,1-2H3,(H,22,26). The first-order valence-electron chi connectivity index (χ1n) is 9.18. The number of fused-ring (bicyclic) bond motifs is 1. The lowest BCUT2D eigenvalue weighted by Crippen LogP contribution is -2.40. The number of rotatable bonds is 7. The molecule has 0 atom stereocenters. The number of aromatic nitrogens is 2. The second kappa shape index (κ2) is 8.62. The van der Waals surface area contributed by atoms with Gasteiger partial charge in [-0.25, -0.2) is 17.8 Å². The zero-order valence-corrected chi connectivity index (χ0v) is 17.3. The van der Waals surface area contributed by atoms with Crippen molar-refractivity contribution in [3.8, 4) is 0 Å². The predicted molar refractivity (Wildman–Crippen MR) is 108 cm³/mol. The number of halogens is 1. The maximum absolute atomic E-state index is 13.0. The highest BCUT2D eigenvalue weighted by atomic mass is 32.2. The van der Waals surface area contributed by atoms with Crippen LogP contribution >= 0.6 is 0 Å². The number of hydrogen-bond acceptors (Lipinski definition) is 5. The number of pyridine rings is 1. The number of hydrogen-bond donors (Lipinski definition) is 1. The normalized spacial score (nSPS) is 11.4. The lowest BCUT2D eigenvalue weighted by atomic mass is 10.2. The van der Waals surface area contributed by atoms with Crippen LogP contribution in [-0.2, 0) is 21.2 Å². The van der Waals surface area contributed by atoms with Crippen molar-refractivity contribution in [2.24, 2.45) is 0 Å². The van der Waals surface area contributed by atoms with Crippen molar-refractivity contribution in [3.63, 3.8) is 0 Å². The van der Waals surface area contributed by atoms with Crippen LogP contribution in [0.1, 0.15) is 23.0 Å². The Kier molecular flexibility index (Phi) is 6.16. The Bertz CT molecular complexity index is 1190. The maximum atomic E-state index is 13.0. The average Bonchev–Trinajstić information content (AvgIpc) is 3.11. The summed E-state index contributed by atoms with van der Waals surface area (Å²) < 4.78 is 38.4. The van der Waals surface area contributed by atoms with E-state index in [-0.39, 0.29) is 36.3 Å². The highest BCUT2D eigenvalue weighted by Crippen LogP contribution is 2.18. The van der Waals surface area contributed by atoms with Crippen LogP contribution in [0.3, 0.4) is 0 Å². The second-order valence-electron chi connectivity index (χ2n) is 6.69. The van der Waals surface area contributed by atoms with Gasteiger partial charge in [0.2, 0.25) is 20.9 Å². The van der Waals surface area contributed by atoms with Gasteiger partial charge in [-0.15, -0.1) is 0 Å². The van der Waals surface area contributed by atoms with Crippen molar-refractivity contribution in [3.05, 3.63) is 65.7 Å². The van der Waals surface area contributed by atoms with E-state index < -0.39 is 21.7 Å². The Morgan fingerprint density at radius 1 is 1.17 bits per heavy atom. The molecule has 10 heteroatoms. The molecule has 158 valence electrons. The van der Waals surface area contributed by atoms with Gasteiger partial charge in [-0.1, -0.05) is 18.2 Å². The van der Waals surface area contributed by atoms with Crippen LogP contribution in [0, 0.1) is 5.82 Å². The Hall–Kier alpha value is -3.27. The molecule has 0 saturated heterocycles. The quantitative estimate of drug-likeness (QED) is 0.612. The number of nitrogens with one attached hydrogen (secondary N) is 1. The van der Waals surface area contributed by atoms with Crippen LogP contribution in [0.2, 0.25) is 0 Å². The lowest BCUT2D eigenvalue weighted by molar-refractivity contribution is -0.121. The summed E-state index contributed by atoms with van der Waals surface area (Å²) >= 11 is 0. The SMILES string of the molecule is CCN(CC(=O)NCc1ccc(F)cc1)C(=O)c1nc(S(C)(=O)=O)n2ccccc12. The molecule has 0 bridgehead atoms. The summed E-state index contributed by atoms with van der Waals surface area (Å²) in [7, 11) is -3.66. The predicted octanol–water partition coefficient (Wildman–Crippen LogP) is 1.66. The zero-order valence-electron chi connectivity index (χ0n) is 16.5. The van der Waals surface area contributed by atoms with E-state index in [1.807, 2.05) is 0 Å². The van der Waals surface area contributed by atoms with Gasteiger partial charge in [0.05, 0.1) is 12.1 Å². The average molecular weight is 432 g/mol. The molecule has 2 heterocycles. The maximum Gasteiger partial charge on any atom is 0.275 e. The molecule has 3 aromatic rings. The fourth-order valence-electron chi connectivity index (χ4n) is 2.94. The summed E-state index contributed by atoms with van der Waals surface area (Å²) in [6.45, 7) is 1.90. The lowest BCUT2D eigenvalue weighted by Gasteiger charge is -2.19. The van der Waals surface area contributed by atoms with Crippen LogP contribution in [0.5, 0.6) is 0 Å². The van der Waals surface area contributed by atoms with E-state index >= 15 is 0 Å². The number of sulfone groups is 1. The van der Waals surface area contributed by atoms with Crippen molar-refractivity contribution >= 4 is 27.2 Å². The molecular formula is C20H21FN4O4S. The molecule has 0 radical (unpaired) electrons. The van der Waals surface area contributed by atoms with Crippen LogP contribution in [0.15, 0.2) is 53.8 Å². The number of benzene rings is 1. The topological polar surface area (TPSA) is 101 Å². The van der Waals surface area contributed by atoms with E-state index in [1.54, 1.807) is 37.3 Å². The van der Waals surface area contributed by atoms with E-state index in [2.05, 4.69) is 10.3 Å². The minimum Gasteiger partial charge on any atom is -0.350 e. The molecule has 1 N–H and O–H groups in total. The van der Waals surface area contributed by atoms with Crippen molar-refractivity contribution in [2.75, 3.05) is 19.3 Å². The third-order valence-corrected chi connectivity index (χ3v) is 5.41. The summed E-state index contributed by atoms with van der Waals surface area (Å²) in [5.74, 6) is -1.32. The van der Waals surface area contributed by atoms with Crippen molar-refractivity contribution < 1.29 is 22.4 Å². The molecule has 0 aliphatic rings. The van der Waals surface area contributed by atoms with Crippen LogP contribution < -0.4 is 5.32 Å². The molecule has 0 aliphatic carbocycles. The van der Waals surface area contributed by atoms with E-state index in [4.69, 9.17) is 0 Å². The number of carbonyl (C=O) groups excluding carboxylic acids is 2. The van der Waals surface area contributed by atoms with Gasteiger partial charge in [0, 0.05) is 25.5 Å². The van der Waals surface area contributed by atoms with Crippen LogP contribution in [0.25, 0.3) is 5.52 Å². The third kappa shape index (κ3) is 4.65. The first-order chi connectivity index (χ1) is 14.2. The Morgan fingerprint density at radius 3 is 2.50 bits per heavy atom. The van der Waals surface area contributed by atoms with E-state index in [0.29, 0.717) is 5.52 Å². The molecule has 30 heavy (non-hydrogen) atoms. The number of imidazole rings is 1. The van der Waals surface area contributed by atoms with Crippen LogP contribution in [0.4, 0.5) is 4.39 Å². The van der Waals surface area contributed by atoms with Crippen molar-refractivity contribution in [1.29, 1.82) is 0 Å². The first-order valence-corrected chi connectivity index (χ1v) is 11.1. The van der Waals surface area contributed by atoms with Gasteiger partial charge in [0.1, 0.15) is 5.82 Å². The highest BCUT2D eigenvalue weighted by Gasteiger charge is 2.26.